The highest BCUT2D eigenvalue weighted by molar-refractivity contribution is 7.89. The number of nitro groups is 1. The van der Waals surface area contributed by atoms with Gasteiger partial charge in [-0.3, -0.25) is 19.6 Å². The van der Waals surface area contributed by atoms with Gasteiger partial charge in [0, 0.05) is 38.0 Å². The van der Waals surface area contributed by atoms with Crippen molar-refractivity contribution in [2.75, 3.05) is 34.0 Å². The van der Waals surface area contributed by atoms with Crippen molar-refractivity contribution in [3.05, 3.63) is 51.7 Å². The molecular formula is C36H58N2O9S. The highest BCUT2D eigenvalue weighted by Crippen LogP contribution is 2.41. The smallest absolute Gasteiger partial charge is 0.271 e. The van der Waals surface area contributed by atoms with Crippen LogP contribution in [0.2, 0.25) is 0 Å². The van der Waals surface area contributed by atoms with E-state index in [1.165, 1.54) is 103 Å². The van der Waals surface area contributed by atoms with Gasteiger partial charge in [-0.1, -0.05) is 111 Å². The van der Waals surface area contributed by atoms with Crippen LogP contribution >= 0.6 is 0 Å². The highest BCUT2D eigenvalue weighted by atomic mass is 32.2. The number of nitrogens with zero attached hydrogens (tertiary/aromatic N) is 1. The van der Waals surface area contributed by atoms with Crippen molar-refractivity contribution in [1.82, 2.24) is 4.72 Å². The van der Waals surface area contributed by atoms with Crippen LogP contribution < -0.4 is 9.46 Å². The highest BCUT2D eigenvalue weighted by Gasteiger charge is 2.44. The molecule has 0 heterocycles. The zero-order chi connectivity index (χ0) is 35.6. The first-order valence-electron chi connectivity index (χ1n) is 17.4. The van der Waals surface area contributed by atoms with Crippen molar-refractivity contribution in [3.8, 4) is 5.75 Å². The Bertz CT molecular complexity index is 1340. The van der Waals surface area contributed by atoms with Gasteiger partial charge in [-0.05, 0) is 24.0 Å². The molecule has 2 rings (SSSR count). The Labute approximate surface area is 288 Å². The maximum atomic E-state index is 13.6. The van der Waals surface area contributed by atoms with Gasteiger partial charge in [0.25, 0.3) is 15.7 Å². The number of non-ortho nitro benzene ring substituents is 1. The molecule has 11 nitrogen and oxygen atoms in total. The number of benzene rings is 1. The lowest BCUT2D eigenvalue weighted by Gasteiger charge is -2.40. The number of nitrogens with one attached hydrogen (secondary N) is 1. The first kappa shape index (κ1) is 41.4. The topological polar surface area (TPSA) is 143 Å². The Hall–Kier alpha value is -2.80. The standard InChI is InChI=1S/C36H58N2O9S/c1-7-8-9-10-11-12-13-14-15-16-17-18-19-20-23-47-36(45-6)28-30(31(39)27-34(36)35(2,3)4)37-48(42,43)33-26-29(38(40)41)21-22-32(33)46-25-24-44-5/h21-22,26-28,37H,7-20,23-25H2,1-6H3. The van der Waals surface area contributed by atoms with Crippen LogP contribution in [0.1, 0.15) is 118 Å². The normalized spacial score (nSPS) is 16.8. The number of nitro benzene ring substituents is 1. The molecule has 0 fully saturated rings. The Morgan fingerprint density at radius 2 is 1.42 bits per heavy atom. The molecule has 1 aliphatic carbocycles. The lowest BCUT2D eigenvalue weighted by Crippen LogP contribution is -2.45. The number of sulfonamides is 1. The quantitative estimate of drug-likeness (QED) is 0.0464. The molecule has 0 radical (unpaired) electrons. The van der Waals surface area contributed by atoms with E-state index in [0.29, 0.717) is 12.2 Å². The minimum atomic E-state index is -4.53. The SMILES string of the molecule is CCCCCCCCCCCCCCCCOC1(OC)C=C(NS(=O)(=O)c2cc([N+](=O)[O-])ccc2OCCOC)C(=O)C=C1C(C)(C)C. The summed E-state index contributed by atoms with van der Waals surface area (Å²) in [6, 6.07) is 3.24. The summed E-state index contributed by atoms with van der Waals surface area (Å²) in [5.74, 6) is -2.21. The average molecular weight is 695 g/mol. The van der Waals surface area contributed by atoms with E-state index in [1.807, 2.05) is 20.8 Å². The third-order valence-electron chi connectivity index (χ3n) is 8.39. The number of ether oxygens (including phenoxy) is 4. The van der Waals surface area contributed by atoms with Crippen LogP contribution in [0, 0.1) is 15.5 Å². The molecule has 0 saturated heterocycles. The summed E-state index contributed by atoms with van der Waals surface area (Å²) in [5.41, 5.74) is -0.740. The minimum Gasteiger partial charge on any atom is -0.490 e. The monoisotopic (exact) mass is 694 g/mol. The van der Waals surface area contributed by atoms with E-state index in [0.717, 1.165) is 31.4 Å². The average Bonchev–Trinajstić information content (AvgIpc) is 3.03. The molecular weight excluding hydrogens is 636 g/mol. The van der Waals surface area contributed by atoms with Crippen molar-refractivity contribution < 1.29 is 37.1 Å². The van der Waals surface area contributed by atoms with Gasteiger partial charge in [0.05, 0.1) is 23.8 Å². The molecule has 0 saturated carbocycles. The van der Waals surface area contributed by atoms with E-state index in [2.05, 4.69) is 11.6 Å². The van der Waals surface area contributed by atoms with Crippen molar-refractivity contribution >= 4 is 21.5 Å². The molecule has 0 aromatic heterocycles. The molecule has 1 aliphatic rings. The number of allylic oxidation sites excluding steroid dienone is 1. The number of hydrogen-bond donors (Lipinski definition) is 1. The largest absolute Gasteiger partial charge is 0.490 e. The van der Waals surface area contributed by atoms with Gasteiger partial charge in [0.15, 0.2) is 0 Å². The number of hydrogen-bond acceptors (Lipinski definition) is 9. The molecule has 0 aliphatic heterocycles. The lowest BCUT2D eigenvalue weighted by atomic mass is 9.77. The first-order chi connectivity index (χ1) is 22.8. The molecule has 1 aromatic carbocycles. The second-order valence-corrected chi connectivity index (χ2v) is 15.0. The van der Waals surface area contributed by atoms with Crippen LogP contribution in [0.4, 0.5) is 5.69 Å². The van der Waals surface area contributed by atoms with E-state index in [1.54, 1.807) is 0 Å². The summed E-state index contributed by atoms with van der Waals surface area (Å²) in [7, 11) is -1.62. The van der Waals surface area contributed by atoms with Gasteiger partial charge in [-0.25, -0.2) is 8.42 Å². The van der Waals surface area contributed by atoms with Crippen LogP contribution in [0.25, 0.3) is 0 Å². The second kappa shape index (κ2) is 20.7. The summed E-state index contributed by atoms with van der Waals surface area (Å²) in [6.07, 6.45) is 19.9. The predicted molar refractivity (Wildman–Crippen MR) is 187 cm³/mol. The Morgan fingerprint density at radius 1 is 0.854 bits per heavy atom. The van der Waals surface area contributed by atoms with Crippen molar-refractivity contribution in [3.63, 3.8) is 0 Å². The lowest BCUT2D eigenvalue weighted by molar-refractivity contribution is -0.385. The van der Waals surface area contributed by atoms with Gasteiger partial charge < -0.3 is 18.9 Å². The summed E-state index contributed by atoms with van der Waals surface area (Å²) in [4.78, 5) is 23.6. The first-order valence-corrected chi connectivity index (χ1v) is 18.9. The Kier molecular flexibility index (Phi) is 17.8. The molecule has 0 bridgehead atoms. The van der Waals surface area contributed by atoms with Crippen LogP contribution in [0.5, 0.6) is 5.75 Å². The van der Waals surface area contributed by atoms with Crippen molar-refractivity contribution in [2.24, 2.45) is 5.41 Å². The molecule has 1 N–H and O–H groups in total. The fourth-order valence-electron chi connectivity index (χ4n) is 5.71. The Morgan fingerprint density at radius 3 is 1.92 bits per heavy atom. The molecule has 12 heteroatoms. The van der Waals surface area contributed by atoms with Crippen molar-refractivity contribution in [2.45, 2.75) is 128 Å². The zero-order valence-electron chi connectivity index (χ0n) is 29.9. The summed E-state index contributed by atoms with van der Waals surface area (Å²) in [5, 5.41) is 11.5. The fraction of sp³-hybridized carbons (Fsp3) is 0.694. The maximum absolute atomic E-state index is 13.6. The van der Waals surface area contributed by atoms with E-state index >= 15 is 0 Å². The Balaban J connectivity index is 2.07. The molecule has 0 spiro atoms. The minimum absolute atomic E-state index is 0.00994. The summed E-state index contributed by atoms with van der Waals surface area (Å²) >= 11 is 0. The van der Waals surface area contributed by atoms with E-state index in [4.69, 9.17) is 18.9 Å². The van der Waals surface area contributed by atoms with Crippen LogP contribution in [-0.2, 0) is 29.0 Å². The van der Waals surface area contributed by atoms with Crippen LogP contribution in [0.3, 0.4) is 0 Å². The fourth-order valence-corrected chi connectivity index (χ4v) is 6.94. The third kappa shape index (κ3) is 13.2. The number of ketones is 1. The summed E-state index contributed by atoms with van der Waals surface area (Å²) < 4.78 is 52.3. The number of methoxy groups -OCH3 is 2. The predicted octanol–water partition coefficient (Wildman–Crippen LogP) is 8.18. The van der Waals surface area contributed by atoms with Gasteiger partial charge in [-0.15, -0.1) is 0 Å². The van der Waals surface area contributed by atoms with Gasteiger partial charge in [0.2, 0.25) is 11.6 Å². The van der Waals surface area contributed by atoms with Crippen molar-refractivity contribution in [1.29, 1.82) is 0 Å². The molecule has 1 unspecified atom stereocenters. The number of carbonyl (C=O) groups is 1. The van der Waals surface area contributed by atoms with Gasteiger partial charge in [0.1, 0.15) is 17.3 Å². The number of unbranched alkanes of at least 4 members (excludes halogenated alkanes) is 13. The van der Waals surface area contributed by atoms with Crippen LogP contribution in [-0.4, -0.2) is 59.0 Å². The molecule has 48 heavy (non-hydrogen) atoms. The molecule has 1 atom stereocenters. The number of carbonyl (C=O) groups excluding carboxylic acids is 1. The number of rotatable bonds is 25. The summed E-state index contributed by atoms with van der Waals surface area (Å²) in [6.45, 7) is 8.53. The zero-order valence-corrected chi connectivity index (χ0v) is 30.8. The molecule has 0 amide bonds. The molecule has 1 aromatic rings. The van der Waals surface area contributed by atoms with E-state index in [9.17, 15) is 23.3 Å². The third-order valence-corrected chi connectivity index (χ3v) is 9.78. The van der Waals surface area contributed by atoms with E-state index < -0.39 is 42.5 Å². The van der Waals surface area contributed by atoms with Gasteiger partial charge in [-0.2, -0.15) is 0 Å². The second-order valence-electron chi connectivity index (χ2n) is 13.4. The molecule has 272 valence electrons. The van der Waals surface area contributed by atoms with Crippen LogP contribution in [0.15, 0.2) is 46.5 Å². The maximum Gasteiger partial charge on any atom is 0.271 e. The van der Waals surface area contributed by atoms with E-state index in [-0.39, 0.29) is 24.7 Å². The van der Waals surface area contributed by atoms with Gasteiger partial charge >= 0.3 is 0 Å².